The zero-order chi connectivity index (χ0) is 23.5. The van der Waals surface area contributed by atoms with E-state index >= 15 is 0 Å². The quantitative estimate of drug-likeness (QED) is 0.362. The molecule has 1 atom stereocenters. The predicted octanol–water partition coefficient (Wildman–Crippen LogP) is 6.27. The molecule has 4 aromatic rings. The Kier molecular flexibility index (Phi) is 6.23. The standard InChI is InChI=1S/C28H24N2O3S/c1-2-33-25-13-6-5-12-24(25)30-26(31)18-34-28(30)20-14-16-21(17-15-20)29-27(32)23-11-7-9-19-8-3-4-10-22(19)23/h3-17,28H,2,18H2,1H3,(H,29,32)/t28-/m0/s1. The van der Waals surface area contributed by atoms with Crippen molar-refractivity contribution >= 4 is 45.7 Å². The van der Waals surface area contributed by atoms with Crippen LogP contribution in [0, 0.1) is 0 Å². The van der Waals surface area contributed by atoms with E-state index in [1.807, 2.05) is 97.9 Å². The van der Waals surface area contributed by atoms with Crippen molar-refractivity contribution in [3.63, 3.8) is 0 Å². The van der Waals surface area contributed by atoms with Crippen molar-refractivity contribution in [2.24, 2.45) is 0 Å². The van der Waals surface area contributed by atoms with Crippen LogP contribution in [-0.4, -0.2) is 24.2 Å². The summed E-state index contributed by atoms with van der Waals surface area (Å²) in [6.07, 6.45) is 0. The molecule has 0 aromatic heterocycles. The van der Waals surface area contributed by atoms with Gasteiger partial charge in [-0.05, 0) is 53.6 Å². The van der Waals surface area contributed by atoms with E-state index in [9.17, 15) is 9.59 Å². The first-order valence-corrected chi connectivity index (χ1v) is 12.2. The smallest absolute Gasteiger partial charge is 0.256 e. The second kappa shape index (κ2) is 9.61. The number of para-hydroxylation sites is 2. The molecule has 0 unspecified atom stereocenters. The van der Waals surface area contributed by atoms with E-state index in [4.69, 9.17) is 4.74 Å². The van der Waals surface area contributed by atoms with Gasteiger partial charge in [-0.2, -0.15) is 0 Å². The third-order valence-electron chi connectivity index (χ3n) is 5.78. The van der Waals surface area contributed by atoms with E-state index in [2.05, 4.69) is 5.32 Å². The van der Waals surface area contributed by atoms with E-state index in [0.29, 0.717) is 29.4 Å². The third kappa shape index (κ3) is 4.24. The number of benzene rings is 4. The molecule has 1 aliphatic rings. The molecule has 0 radical (unpaired) electrons. The Morgan fingerprint density at radius 2 is 1.71 bits per heavy atom. The summed E-state index contributed by atoms with van der Waals surface area (Å²) >= 11 is 1.58. The molecule has 6 heteroatoms. The van der Waals surface area contributed by atoms with Gasteiger partial charge in [0.1, 0.15) is 11.1 Å². The van der Waals surface area contributed by atoms with Crippen molar-refractivity contribution in [2.45, 2.75) is 12.3 Å². The number of hydrogen-bond donors (Lipinski definition) is 1. The number of fused-ring (bicyclic) bond motifs is 1. The van der Waals surface area contributed by atoms with Crippen molar-refractivity contribution < 1.29 is 14.3 Å². The van der Waals surface area contributed by atoms with Crippen LogP contribution in [-0.2, 0) is 4.79 Å². The minimum atomic E-state index is -0.156. The van der Waals surface area contributed by atoms with Crippen LogP contribution < -0.4 is 15.0 Å². The van der Waals surface area contributed by atoms with Crippen LogP contribution >= 0.6 is 11.8 Å². The second-order valence-electron chi connectivity index (χ2n) is 7.93. The minimum Gasteiger partial charge on any atom is -0.492 e. The lowest BCUT2D eigenvalue weighted by Gasteiger charge is -2.26. The Balaban J connectivity index is 1.37. The van der Waals surface area contributed by atoms with Crippen molar-refractivity contribution in [3.05, 3.63) is 102 Å². The fraction of sp³-hybridized carbons (Fsp3) is 0.143. The number of nitrogens with one attached hydrogen (secondary N) is 1. The second-order valence-corrected chi connectivity index (χ2v) is 9.00. The Bertz CT molecular complexity index is 1350. The zero-order valence-electron chi connectivity index (χ0n) is 18.7. The molecule has 1 fully saturated rings. The minimum absolute atomic E-state index is 0.0514. The van der Waals surface area contributed by atoms with Crippen molar-refractivity contribution in [1.82, 2.24) is 0 Å². The summed E-state index contributed by atoms with van der Waals surface area (Å²) in [5, 5.41) is 4.79. The van der Waals surface area contributed by atoms with E-state index in [0.717, 1.165) is 22.0 Å². The van der Waals surface area contributed by atoms with Crippen molar-refractivity contribution in [3.8, 4) is 5.75 Å². The molecule has 2 amide bonds. The molecule has 4 aromatic carbocycles. The van der Waals surface area contributed by atoms with Gasteiger partial charge in [-0.15, -0.1) is 11.8 Å². The highest BCUT2D eigenvalue weighted by Gasteiger charge is 2.35. The zero-order valence-corrected chi connectivity index (χ0v) is 19.5. The molecule has 34 heavy (non-hydrogen) atoms. The van der Waals surface area contributed by atoms with Gasteiger partial charge in [0.05, 0.1) is 18.0 Å². The molecule has 5 nitrogen and oxygen atoms in total. The van der Waals surface area contributed by atoms with Crippen LogP contribution in [0.3, 0.4) is 0 Å². The molecule has 0 bridgehead atoms. The largest absolute Gasteiger partial charge is 0.492 e. The summed E-state index contributed by atoms with van der Waals surface area (Å²) in [5.74, 6) is 1.01. The molecule has 1 aliphatic heterocycles. The van der Waals surface area contributed by atoms with Gasteiger partial charge in [0.15, 0.2) is 0 Å². The summed E-state index contributed by atoms with van der Waals surface area (Å²) < 4.78 is 5.77. The predicted molar refractivity (Wildman–Crippen MR) is 139 cm³/mol. The number of carbonyl (C=O) groups excluding carboxylic acids is 2. The van der Waals surface area contributed by atoms with Gasteiger partial charge >= 0.3 is 0 Å². The van der Waals surface area contributed by atoms with Gasteiger partial charge in [0.2, 0.25) is 5.91 Å². The van der Waals surface area contributed by atoms with Crippen molar-refractivity contribution in [2.75, 3.05) is 22.6 Å². The number of carbonyl (C=O) groups is 2. The molecular formula is C28H24N2O3S. The lowest BCUT2D eigenvalue weighted by molar-refractivity contribution is -0.115. The highest BCUT2D eigenvalue weighted by Crippen LogP contribution is 2.44. The summed E-state index contributed by atoms with van der Waals surface area (Å²) in [7, 11) is 0. The number of amides is 2. The van der Waals surface area contributed by atoms with E-state index in [-0.39, 0.29) is 17.2 Å². The molecule has 1 N–H and O–H groups in total. The van der Waals surface area contributed by atoms with Crippen LogP contribution in [0.15, 0.2) is 91.0 Å². The Morgan fingerprint density at radius 1 is 0.971 bits per heavy atom. The average Bonchev–Trinajstić information content (AvgIpc) is 3.25. The molecule has 5 rings (SSSR count). The van der Waals surface area contributed by atoms with Gasteiger partial charge in [-0.25, -0.2) is 0 Å². The maximum atomic E-state index is 13.0. The molecule has 1 heterocycles. The van der Waals surface area contributed by atoms with Crippen LogP contribution in [0.1, 0.15) is 28.2 Å². The first-order chi connectivity index (χ1) is 16.7. The normalized spacial score (nSPS) is 15.5. The number of thioether (sulfide) groups is 1. The number of anilines is 2. The molecular weight excluding hydrogens is 444 g/mol. The molecule has 1 saturated heterocycles. The van der Waals surface area contributed by atoms with Gasteiger partial charge in [0.25, 0.3) is 5.91 Å². The Labute approximate surface area is 202 Å². The highest BCUT2D eigenvalue weighted by atomic mass is 32.2. The van der Waals surface area contributed by atoms with E-state index < -0.39 is 0 Å². The summed E-state index contributed by atoms with van der Waals surface area (Å²) in [6.45, 7) is 2.46. The lowest BCUT2D eigenvalue weighted by atomic mass is 10.0. The summed E-state index contributed by atoms with van der Waals surface area (Å²) in [6, 6.07) is 28.9. The Morgan fingerprint density at radius 3 is 2.53 bits per heavy atom. The van der Waals surface area contributed by atoms with E-state index in [1.165, 1.54) is 0 Å². The number of nitrogens with zero attached hydrogens (tertiary/aromatic N) is 1. The lowest BCUT2D eigenvalue weighted by Crippen LogP contribution is -2.28. The highest BCUT2D eigenvalue weighted by molar-refractivity contribution is 8.00. The maximum absolute atomic E-state index is 13.0. The SMILES string of the molecule is CCOc1ccccc1N1C(=O)CS[C@H]1c1ccc(NC(=O)c2cccc3ccccc23)cc1. The van der Waals surface area contributed by atoms with Crippen LogP contribution in [0.2, 0.25) is 0 Å². The number of hydrogen-bond acceptors (Lipinski definition) is 4. The van der Waals surface area contributed by atoms with Crippen molar-refractivity contribution in [1.29, 1.82) is 0 Å². The first-order valence-electron chi connectivity index (χ1n) is 11.2. The molecule has 170 valence electrons. The first kappa shape index (κ1) is 22.0. The molecule has 0 aliphatic carbocycles. The van der Waals surface area contributed by atoms with E-state index in [1.54, 1.807) is 16.7 Å². The summed E-state index contributed by atoms with van der Waals surface area (Å²) in [4.78, 5) is 27.6. The summed E-state index contributed by atoms with van der Waals surface area (Å²) in [5.41, 5.74) is 3.11. The molecule has 0 saturated carbocycles. The fourth-order valence-corrected chi connectivity index (χ4v) is 5.39. The van der Waals surface area contributed by atoms with Gasteiger partial charge in [-0.3, -0.25) is 14.5 Å². The van der Waals surface area contributed by atoms with Gasteiger partial charge < -0.3 is 10.1 Å². The van der Waals surface area contributed by atoms with Gasteiger partial charge in [-0.1, -0.05) is 60.7 Å². The monoisotopic (exact) mass is 468 g/mol. The van der Waals surface area contributed by atoms with Crippen LogP contribution in [0.5, 0.6) is 5.75 Å². The Hall–Kier alpha value is -3.77. The molecule has 0 spiro atoms. The maximum Gasteiger partial charge on any atom is 0.256 e. The average molecular weight is 469 g/mol. The number of ether oxygens (including phenoxy) is 1. The fourth-order valence-electron chi connectivity index (χ4n) is 4.22. The van der Waals surface area contributed by atoms with Gasteiger partial charge in [0, 0.05) is 11.3 Å². The van der Waals surface area contributed by atoms with Crippen LogP contribution in [0.25, 0.3) is 10.8 Å². The number of rotatable bonds is 6. The van der Waals surface area contributed by atoms with Crippen LogP contribution in [0.4, 0.5) is 11.4 Å². The third-order valence-corrected chi connectivity index (χ3v) is 6.99. The topological polar surface area (TPSA) is 58.6 Å².